The van der Waals surface area contributed by atoms with E-state index in [4.69, 9.17) is 0 Å². The summed E-state index contributed by atoms with van der Waals surface area (Å²) in [5.74, 6) is 0. The van der Waals surface area contributed by atoms with Gasteiger partial charge in [0.25, 0.3) is 0 Å². The van der Waals surface area contributed by atoms with Crippen molar-refractivity contribution >= 4 is 90.8 Å². The molecule has 0 heterocycles. The zero-order valence-electron chi connectivity index (χ0n) is 42.1. The van der Waals surface area contributed by atoms with E-state index >= 15 is 0 Å². The van der Waals surface area contributed by atoms with Crippen LogP contribution in [0, 0.1) is 0 Å². The van der Waals surface area contributed by atoms with Gasteiger partial charge >= 0.3 is 0 Å². The van der Waals surface area contributed by atoms with Crippen LogP contribution in [-0.4, -0.2) is 0 Å². The van der Waals surface area contributed by atoms with Crippen LogP contribution in [-0.2, 0) is 11.8 Å². The third-order valence-electron chi connectivity index (χ3n) is 15.8. The second kappa shape index (κ2) is 23.4. The predicted molar refractivity (Wildman–Crippen MR) is 314 cm³/mol. The van der Waals surface area contributed by atoms with E-state index in [9.17, 15) is 0 Å². The Hall–Kier alpha value is -5.12. The van der Waals surface area contributed by atoms with Gasteiger partial charge in [-0.1, -0.05) is 293 Å². The second-order valence-corrected chi connectivity index (χ2v) is 24.9. The normalized spacial score (nSPS) is 13.2. The van der Waals surface area contributed by atoms with Crippen LogP contribution in [0.5, 0.6) is 0 Å². The zero-order valence-corrected chi connectivity index (χ0v) is 43.9. The highest BCUT2D eigenvalue weighted by Crippen LogP contribution is 2.54. The van der Waals surface area contributed by atoms with Crippen LogP contribution in [0.4, 0.5) is 0 Å². The molecule has 9 aromatic carbocycles. The highest BCUT2D eigenvalue weighted by atomic mass is 31.1. The number of rotatable bonds is 24. The minimum Gasteiger partial charge on any atom is -0.0654 e. The van der Waals surface area contributed by atoms with Crippen molar-refractivity contribution in [3.63, 3.8) is 0 Å². The molecule has 10 rings (SSSR count). The molecule has 0 spiro atoms. The summed E-state index contributed by atoms with van der Waals surface area (Å²) in [6.07, 6.45) is 25.4. The molecule has 0 N–H and O–H groups in total. The summed E-state index contributed by atoms with van der Waals surface area (Å²) < 4.78 is 0. The van der Waals surface area contributed by atoms with Gasteiger partial charge in [0.1, 0.15) is 0 Å². The lowest BCUT2D eigenvalue weighted by atomic mass is 9.63. The average Bonchev–Trinajstić information content (AvgIpc) is 3.41. The maximum absolute atomic E-state index is 2.72. The Morgan fingerprint density at radius 3 is 1.27 bits per heavy atom. The molecule has 2 heteroatoms. The predicted octanol–water partition coefficient (Wildman–Crippen LogP) is 17.7. The van der Waals surface area contributed by atoms with Gasteiger partial charge < -0.3 is 0 Å². The van der Waals surface area contributed by atoms with Crippen LogP contribution in [0.25, 0.3) is 43.1 Å². The number of hydrogen-bond donors (Lipinski definition) is 0. The Labute approximate surface area is 422 Å². The molecule has 0 saturated heterocycles. The molecule has 70 heavy (non-hydrogen) atoms. The summed E-state index contributed by atoms with van der Waals surface area (Å²) in [6.45, 7) is 4.67. The summed E-state index contributed by atoms with van der Waals surface area (Å²) in [6, 6.07) is 70.7. The Bertz CT molecular complexity index is 3000. The summed E-state index contributed by atoms with van der Waals surface area (Å²) in [7, 11) is -1.81. The third-order valence-corrected chi connectivity index (χ3v) is 20.8. The van der Waals surface area contributed by atoms with Crippen LogP contribution < -0.4 is 31.8 Å². The van der Waals surface area contributed by atoms with Crippen molar-refractivity contribution in [2.24, 2.45) is 0 Å². The fourth-order valence-corrected chi connectivity index (χ4v) is 17.3. The third kappa shape index (κ3) is 10.2. The average molecular weight is 953 g/mol. The smallest absolute Gasteiger partial charge is 0.0000168 e. The summed E-state index contributed by atoms with van der Waals surface area (Å²) >= 11 is 0. The fourth-order valence-electron chi connectivity index (χ4n) is 12.4. The van der Waals surface area contributed by atoms with Crippen molar-refractivity contribution in [3.05, 3.63) is 193 Å². The van der Waals surface area contributed by atoms with Crippen molar-refractivity contribution in [2.45, 2.75) is 141 Å². The topological polar surface area (TPSA) is 0 Å². The van der Waals surface area contributed by atoms with E-state index in [0.717, 1.165) is 6.42 Å². The molecule has 0 unspecified atom stereocenters. The zero-order chi connectivity index (χ0) is 47.5. The first-order valence-corrected chi connectivity index (χ1v) is 30.1. The molecule has 9 aromatic rings. The van der Waals surface area contributed by atoms with Crippen molar-refractivity contribution in [3.8, 4) is 0 Å². The van der Waals surface area contributed by atoms with Crippen molar-refractivity contribution in [1.29, 1.82) is 0 Å². The van der Waals surface area contributed by atoms with Crippen LogP contribution >= 0.6 is 15.8 Å². The molecule has 0 bridgehead atoms. The molecule has 1 aliphatic carbocycles. The van der Waals surface area contributed by atoms with Crippen LogP contribution in [0.15, 0.2) is 182 Å². The molecule has 0 nitrogen and oxygen atoms in total. The summed E-state index contributed by atoms with van der Waals surface area (Å²) in [4.78, 5) is 0. The van der Waals surface area contributed by atoms with E-state index in [1.165, 1.54) is 185 Å². The molecular weight excluding hydrogens is 879 g/mol. The Morgan fingerprint density at radius 1 is 0.343 bits per heavy atom. The highest BCUT2D eigenvalue weighted by molar-refractivity contribution is 7.81. The Kier molecular flexibility index (Phi) is 16.2. The molecule has 0 fully saturated rings. The van der Waals surface area contributed by atoms with Crippen LogP contribution in [0.2, 0.25) is 0 Å². The number of fused-ring (bicyclic) bond motifs is 5. The number of unbranched alkanes of at least 4 members (excludes halogenated alkanes) is 14. The van der Waals surface area contributed by atoms with Crippen molar-refractivity contribution in [2.75, 3.05) is 0 Å². The van der Waals surface area contributed by atoms with Gasteiger partial charge in [-0.2, -0.15) is 0 Å². The lowest BCUT2D eigenvalue weighted by Crippen LogP contribution is -2.33. The van der Waals surface area contributed by atoms with E-state index in [-0.39, 0.29) is 5.41 Å². The highest BCUT2D eigenvalue weighted by Gasteiger charge is 2.40. The van der Waals surface area contributed by atoms with Gasteiger partial charge in [0.15, 0.2) is 0 Å². The van der Waals surface area contributed by atoms with Gasteiger partial charge in [-0.3, -0.25) is 0 Å². The molecule has 0 aromatic heterocycles. The first-order chi connectivity index (χ1) is 34.7. The minimum absolute atomic E-state index is 0.0870. The van der Waals surface area contributed by atoms with Crippen LogP contribution in [0.1, 0.15) is 141 Å². The monoisotopic (exact) mass is 953 g/mol. The van der Waals surface area contributed by atoms with Crippen molar-refractivity contribution < 1.29 is 0 Å². The number of hydrogen-bond acceptors (Lipinski definition) is 0. The standard InChI is InChI=1S/C68H74P2/c1-3-5-7-9-11-13-15-31-48-68(49-32-16-14-12-10-8-6-4-2)51-53-46-47-62(70(56-39-25-19-26-40-56)57-41-27-20-28-42-57)67-63(53)66-60(68)50-52-34-29-30-43-58(52)64(66)59-44-33-45-61(65(59)67)69(54-35-21-17-22-36-54)55-37-23-18-24-38-55/h17-30,33-47,50H,3-16,31-32,48-49,51H2,1-2H3. The first kappa shape index (κ1) is 48.5. The first-order valence-electron chi connectivity index (χ1n) is 27.4. The lowest BCUT2D eigenvalue weighted by molar-refractivity contribution is 0.331. The van der Waals surface area contributed by atoms with Gasteiger partial charge in [0.05, 0.1) is 0 Å². The molecule has 356 valence electrons. The maximum Gasteiger partial charge on any atom is 0.0000168 e. The Balaban J connectivity index is 1.26. The number of benzene rings is 9. The maximum atomic E-state index is 2.72. The molecule has 0 aliphatic heterocycles. The lowest BCUT2D eigenvalue weighted by Gasteiger charge is -2.41. The van der Waals surface area contributed by atoms with Gasteiger partial charge in [-0.25, -0.2) is 0 Å². The second-order valence-electron chi connectivity index (χ2n) is 20.5. The molecular formula is C68H74P2. The van der Waals surface area contributed by atoms with Crippen LogP contribution in [0.3, 0.4) is 0 Å². The van der Waals surface area contributed by atoms with E-state index in [0.29, 0.717) is 0 Å². The van der Waals surface area contributed by atoms with Gasteiger partial charge in [-0.05, 0) is 127 Å². The Morgan fingerprint density at radius 2 is 0.771 bits per heavy atom. The van der Waals surface area contributed by atoms with E-state index < -0.39 is 15.8 Å². The van der Waals surface area contributed by atoms with Gasteiger partial charge in [0.2, 0.25) is 0 Å². The van der Waals surface area contributed by atoms with Gasteiger partial charge in [-0.15, -0.1) is 0 Å². The van der Waals surface area contributed by atoms with E-state index in [1.54, 1.807) is 16.5 Å². The largest absolute Gasteiger partial charge is 0.0654 e. The molecule has 0 amide bonds. The SMILES string of the molecule is CCCCCCCCCCC1(CCCCCCCCCC)Cc2ccc(P(c3ccccc3)c3ccccc3)c3c4c(P(c5ccccc5)c5ccccc5)cccc4c4c5ccccc5cc1c4c23. The van der Waals surface area contributed by atoms with E-state index in [2.05, 4.69) is 196 Å². The van der Waals surface area contributed by atoms with Gasteiger partial charge in [0, 0.05) is 5.41 Å². The summed E-state index contributed by atoms with van der Waals surface area (Å²) in [5.41, 5.74) is 3.30. The minimum atomic E-state index is -0.903. The molecule has 0 atom stereocenters. The fraction of sp³-hybridized carbons (Fsp3) is 0.324. The summed E-state index contributed by atoms with van der Waals surface area (Å²) in [5, 5.41) is 20.3. The quantitative estimate of drug-likeness (QED) is 0.0322. The molecule has 0 saturated carbocycles. The van der Waals surface area contributed by atoms with Crippen molar-refractivity contribution in [1.82, 2.24) is 0 Å². The molecule has 1 aliphatic rings. The molecule has 0 radical (unpaired) electrons. The van der Waals surface area contributed by atoms with E-state index in [1.807, 2.05) is 0 Å².